The molecular formula is C15H22N2O2. The van der Waals surface area contributed by atoms with Crippen LogP contribution < -0.4 is 11.1 Å². The summed E-state index contributed by atoms with van der Waals surface area (Å²) in [5.41, 5.74) is 7.37. The Morgan fingerprint density at radius 3 is 2.42 bits per heavy atom. The van der Waals surface area contributed by atoms with Gasteiger partial charge in [-0.3, -0.25) is 4.79 Å². The highest BCUT2D eigenvalue weighted by Crippen LogP contribution is 2.11. The molecule has 3 N–H and O–H groups in total. The van der Waals surface area contributed by atoms with E-state index >= 15 is 0 Å². The zero-order valence-electron chi connectivity index (χ0n) is 11.2. The number of benzene rings is 1. The second-order valence-electron chi connectivity index (χ2n) is 4.57. The van der Waals surface area contributed by atoms with E-state index in [1.165, 1.54) is 0 Å². The molecule has 4 nitrogen and oxygen atoms in total. The lowest BCUT2D eigenvalue weighted by Gasteiger charge is -2.06. The van der Waals surface area contributed by atoms with Crippen LogP contribution in [0.3, 0.4) is 0 Å². The second kappa shape index (κ2) is 9.28. The third-order valence-electron chi connectivity index (χ3n) is 2.95. The molecule has 0 aliphatic carbocycles. The normalized spacial score (nSPS) is 10.2. The first kappa shape index (κ1) is 15.4. The van der Waals surface area contributed by atoms with Crippen LogP contribution in [-0.2, 0) is 16.1 Å². The molecule has 0 saturated heterocycles. The second-order valence-corrected chi connectivity index (χ2v) is 4.57. The standard InChI is InChI=1S/C15H22N2O2/c16-12-13-7-9-14(10-8-13)17-15(19)6-4-2-1-3-5-11-18/h7-11H,1-6,12,16H2,(H,17,19). The van der Waals surface area contributed by atoms with Gasteiger partial charge in [-0.15, -0.1) is 0 Å². The summed E-state index contributed by atoms with van der Waals surface area (Å²) < 4.78 is 0. The molecule has 104 valence electrons. The third kappa shape index (κ3) is 6.72. The maximum Gasteiger partial charge on any atom is 0.224 e. The number of hydrogen-bond acceptors (Lipinski definition) is 3. The molecule has 1 aromatic carbocycles. The fourth-order valence-electron chi connectivity index (χ4n) is 1.81. The molecule has 0 bridgehead atoms. The highest BCUT2D eigenvalue weighted by Gasteiger charge is 2.02. The Bertz CT molecular complexity index is 388. The lowest BCUT2D eigenvalue weighted by Crippen LogP contribution is -2.11. The van der Waals surface area contributed by atoms with Gasteiger partial charge in [0.15, 0.2) is 0 Å². The molecule has 0 saturated carbocycles. The molecule has 1 rings (SSSR count). The molecular weight excluding hydrogens is 240 g/mol. The van der Waals surface area contributed by atoms with Crippen molar-refractivity contribution in [3.8, 4) is 0 Å². The Labute approximate surface area is 114 Å². The van der Waals surface area contributed by atoms with Gasteiger partial charge in [0.1, 0.15) is 6.29 Å². The minimum atomic E-state index is 0.0379. The van der Waals surface area contributed by atoms with E-state index in [-0.39, 0.29) is 5.91 Å². The third-order valence-corrected chi connectivity index (χ3v) is 2.95. The smallest absolute Gasteiger partial charge is 0.224 e. The van der Waals surface area contributed by atoms with Crippen molar-refractivity contribution in [1.82, 2.24) is 0 Å². The molecule has 0 unspecified atom stereocenters. The lowest BCUT2D eigenvalue weighted by molar-refractivity contribution is -0.116. The number of unbranched alkanes of at least 4 members (excludes halogenated alkanes) is 4. The van der Waals surface area contributed by atoms with Crippen molar-refractivity contribution in [3.05, 3.63) is 29.8 Å². The Balaban J connectivity index is 2.17. The molecule has 1 amide bonds. The molecule has 0 aliphatic heterocycles. The van der Waals surface area contributed by atoms with Crippen molar-refractivity contribution in [3.63, 3.8) is 0 Å². The highest BCUT2D eigenvalue weighted by atomic mass is 16.1. The van der Waals surface area contributed by atoms with E-state index in [9.17, 15) is 9.59 Å². The van der Waals surface area contributed by atoms with E-state index in [4.69, 9.17) is 5.73 Å². The molecule has 0 heterocycles. The van der Waals surface area contributed by atoms with Crippen LogP contribution in [0.5, 0.6) is 0 Å². The molecule has 0 radical (unpaired) electrons. The quantitative estimate of drug-likeness (QED) is 0.531. The summed E-state index contributed by atoms with van der Waals surface area (Å²) in [6.45, 7) is 0.509. The van der Waals surface area contributed by atoms with Gasteiger partial charge in [-0.25, -0.2) is 0 Å². The van der Waals surface area contributed by atoms with Crippen LogP contribution in [-0.4, -0.2) is 12.2 Å². The van der Waals surface area contributed by atoms with Gasteiger partial charge in [0.25, 0.3) is 0 Å². The average Bonchev–Trinajstić information content (AvgIpc) is 2.43. The van der Waals surface area contributed by atoms with Crippen LogP contribution in [0.1, 0.15) is 44.1 Å². The molecule has 0 atom stereocenters. The Hall–Kier alpha value is -1.68. The van der Waals surface area contributed by atoms with Gasteiger partial charge >= 0.3 is 0 Å². The first-order valence-electron chi connectivity index (χ1n) is 6.78. The van der Waals surface area contributed by atoms with E-state index in [1.807, 2.05) is 24.3 Å². The van der Waals surface area contributed by atoms with Crippen LogP contribution in [0.15, 0.2) is 24.3 Å². The van der Waals surface area contributed by atoms with Crippen LogP contribution in [0.4, 0.5) is 5.69 Å². The summed E-state index contributed by atoms with van der Waals surface area (Å²) in [6, 6.07) is 7.55. The van der Waals surface area contributed by atoms with Crippen molar-refractivity contribution >= 4 is 17.9 Å². The first-order chi connectivity index (χ1) is 9.26. The summed E-state index contributed by atoms with van der Waals surface area (Å²) in [7, 11) is 0. The molecule has 4 heteroatoms. The summed E-state index contributed by atoms with van der Waals surface area (Å²) >= 11 is 0. The summed E-state index contributed by atoms with van der Waals surface area (Å²) in [4.78, 5) is 21.8. The molecule has 1 aromatic rings. The van der Waals surface area contributed by atoms with Gasteiger partial charge in [0.2, 0.25) is 5.91 Å². The van der Waals surface area contributed by atoms with Crippen LogP contribution >= 0.6 is 0 Å². The number of nitrogens with one attached hydrogen (secondary N) is 1. The predicted molar refractivity (Wildman–Crippen MR) is 76.7 cm³/mol. The van der Waals surface area contributed by atoms with Crippen LogP contribution in [0.2, 0.25) is 0 Å². The predicted octanol–water partition coefficient (Wildman–Crippen LogP) is 2.62. The van der Waals surface area contributed by atoms with Crippen molar-refractivity contribution in [2.75, 3.05) is 5.32 Å². The van der Waals surface area contributed by atoms with E-state index in [2.05, 4.69) is 5.32 Å². The maximum atomic E-state index is 11.7. The molecule has 0 spiro atoms. The lowest BCUT2D eigenvalue weighted by atomic mass is 10.1. The van der Waals surface area contributed by atoms with E-state index in [0.29, 0.717) is 19.4 Å². The number of rotatable bonds is 9. The Morgan fingerprint density at radius 2 is 1.79 bits per heavy atom. The number of hydrogen-bond donors (Lipinski definition) is 2. The number of carbonyl (C=O) groups excluding carboxylic acids is 2. The van der Waals surface area contributed by atoms with Crippen molar-refractivity contribution in [2.45, 2.75) is 45.1 Å². The average molecular weight is 262 g/mol. The fraction of sp³-hybridized carbons (Fsp3) is 0.467. The number of anilines is 1. The van der Waals surface area contributed by atoms with Crippen molar-refractivity contribution in [2.24, 2.45) is 5.73 Å². The van der Waals surface area contributed by atoms with Crippen molar-refractivity contribution < 1.29 is 9.59 Å². The summed E-state index contributed by atoms with van der Waals surface area (Å²) in [5.74, 6) is 0.0379. The SMILES string of the molecule is NCc1ccc(NC(=O)CCCCCCC=O)cc1. The van der Waals surface area contributed by atoms with Gasteiger partial charge in [-0.2, -0.15) is 0 Å². The zero-order chi connectivity index (χ0) is 13.9. The topological polar surface area (TPSA) is 72.2 Å². The first-order valence-corrected chi connectivity index (χ1v) is 6.78. The molecule has 0 aromatic heterocycles. The Morgan fingerprint density at radius 1 is 1.11 bits per heavy atom. The monoisotopic (exact) mass is 262 g/mol. The summed E-state index contributed by atoms with van der Waals surface area (Å²) in [5, 5.41) is 2.86. The maximum absolute atomic E-state index is 11.7. The van der Waals surface area contributed by atoms with Crippen LogP contribution in [0.25, 0.3) is 0 Å². The van der Waals surface area contributed by atoms with E-state index in [0.717, 1.165) is 43.2 Å². The fourth-order valence-corrected chi connectivity index (χ4v) is 1.81. The van der Waals surface area contributed by atoms with Crippen LogP contribution in [0, 0.1) is 0 Å². The number of carbonyl (C=O) groups is 2. The van der Waals surface area contributed by atoms with Gasteiger partial charge < -0.3 is 15.8 Å². The number of amides is 1. The van der Waals surface area contributed by atoms with Crippen molar-refractivity contribution in [1.29, 1.82) is 0 Å². The molecule has 0 aliphatic rings. The molecule has 19 heavy (non-hydrogen) atoms. The number of nitrogens with two attached hydrogens (primary N) is 1. The Kier molecular flexibility index (Phi) is 7.51. The summed E-state index contributed by atoms with van der Waals surface area (Å²) in [6.07, 6.45) is 5.89. The van der Waals surface area contributed by atoms with E-state index in [1.54, 1.807) is 0 Å². The highest BCUT2D eigenvalue weighted by molar-refractivity contribution is 5.90. The van der Waals surface area contributed by atoms with Gasteiger partial charge in [0, 0.05) is 25.1 Å². The van der Waals surface area contributed by atoms with Gasteiger partial charge in [-0.1, -0.05) is 25.0 Å². The minimum Gasteiger partial charge on any atom is -0.326 e. The number of aldehydes is 1. The minimum absolute atomic E-state index is 0.0379. The molecule has 0 fully saturated rings. The largest absolute Gasteiger partial charge is 0.326 e. The van der Waals surface area contributed by atoms with E-state index < -0.39 is 0 Å². The van der Waals surface area contributed by atoms with Gasteiger partial charge in [-0.05, 0) is 30.5 Å². The zero-order valence-corrected chi connectivity index (χ0v) is 11.2. The van der Waals surface area contributed by atoms with Gasteiger partial charge in [0.05, 0.1) is 0 Å².